The topological polar surface area (TPSA) is 95.3 Å². The van der Waals surface area contributed by atoms with Crippen LogP contribution in [0.15, 0.2) is 77.7 Å². The molecule has 0 radical (unpaired) electrons. The van der Waals surface area contributed by atoms with E-state index >= 15 is 0 Å². The maximum absolute atomic E-state index is 12.9. The highest BCUT2D eigenvalue weighted by atomic mass is 16.5. The van der Waals surface area contributed by atoms with Gasteiger partial charge in [-0.3, -0.25) is 14.6 Å². The Balaban J connectivity index is 1.53. The standard InChI is InChI=1S/C26H24N4O4/c1-33-23-12-10-18(15-24(23)34-2)11-13-25(31)28-16-22-20-8-3-4-9-21(20)26(32)30(29-22)17-19-7-5-6-14-27-19/h3-15H,16-17H2,1-2H3,(H,28,31)/b13-11+. The third-order valence-corrected chi connectivity index (χ3v) is 5.25. The molecule has 1 N–H and O–H groups in total. The summed E-state index contributed by atoms with van der Waals surface area (Å²) in [6, 6.07) is 18.1. The van der Waals surface area contributed by atoms with Crippen LogP contribution in [-0.4, -0.2) is 34.9 Å². The Hall–Kier alpha value is -4.46. The minimum Gasteiger partial charge on any atom is -0.493 e. The molecule has 0 aliphatic carbocycles. The molecule has 8 nitrogen and oxygen atoms in total. The number of nitrogens with one attached hydrogen (secondary N) is 1. The van der Waals surface area contributed by atoms with Gasteiger partial charge in [-0.1, -0.05) is 30.3 Å². The largest absolute Gasteiger partial charge is 0.493 e. The number of amides is 1. The third kappa shape index (κ3) is 5.12. The van der Waals surface area contributed by atoms with Crippen LogP contribution in [0.1, 0.15) is 17.0 Å². The number of fused-ring (bicyclic) bond motifs is 1. The van der Waals surface area contributed by atoms with Crippen molar-refractivity contribution >= 4 is 22.8 Å². The number of hydrogen-bond acceptors (Lipinski definition) is 6. The van der Waals surface area contributed by atoms with Crippen molar-refractivity contribution in [2.24, 2.45) is 0 Å². The predicted octanol–water partition coefficient (Wildman–Crippen LogP) is 3.19. The van der Waals surface area contributed by atoms with Gasteiger partial charge >= 0.3 is 0 Å². The molecule has 0 aliphatic heterocycles. The van der Waals surface area contributed by atoms with Crippen molar-refractivity contribution < 1.29 is 14.3 Å². The first-order chi connectivity index (χ1) is 16.6. The first-order valence-electron chi connectivity index (χ1n) is 10.7. The highest BCUT2D eigenvalue weighted by molar-refractivity contribution is 5.92. The highest BCUT2D eigenvalue weighted by Gasteiger charge is 2.12. The molecule has 0 bridgehead atoms. The van der Waals surface area contributed by atoms with Crippen LogP contribution in [-0.2, 0) is 17.9 Å². The summed E-state index contributed by atoms with van der Waals surface area (Å²) in [6.45, 7) is 0.406. The molecule has 4 aromatic rings. The minimum atomic E-state index is -0.289. The number of nitrogens with zero attached hydrogens (tertiary/aromatic N) is 3. The molecule has 0 saturated carbocycles. The average Bonchev–Trinajstić information content (AvgIpc) is 2.88. The van der Waals surface area contributed by atoms with E-state index in [1.54, 1.807) is 44.7 Å². The lowest BCUT2D eigenvalue weighted by Crippen LogP contribution is -2.28. The normalized spacial score (nSPS) is 11.0. The Morgan fingerprint density at radius 3 is 2.50 bits per heavy atom. The van der Waals surface area contributed by atoms with Crippen LogP contribution in [0.3, 0.4) is 0 Å². The second kappa shape index (κ2) is 10.4. The van der Waals surface area contributed by atoms with Crippen LogP contribution in [0.25, 0.3) is 16.8 Å². The molecule has 8 heteroatoms. The zero-order valence-electron chi connectivity index (χ0n) is 18.9. The number of pyridine rings is 1. The van der Waals surface area contributed by atoms with E-state index in [1.807, 2.05) is 42.5 Å². The van der Waals surface area contributed by atoms with E-state index < -0.39 is 0 Å². The summed E-state index contributed by atoms with van der Waals surface area (Å²) < 4.78 is 11.9. The van der Waals surface area contributed by atoms with Gasteiger partial charge in [-0.2, -0.15) is 5.10 Å². The van der Waals surface area contributed by atoms with E-state index in [2.05, 4.69) is 15.4 Å². The van der Waals surface area contributed by atoms with E-state index in [4.69, 9.17) is 9.47 Å². The van der Waals surface area contributed by atoms with Gasteiger partial charge in [-0.05, 0) is 42.0 Å². The van der Waals surface area contributed by atoms with E-state index in [0.29, 0.717) is 28.0 Å². The zero-order valence-corrected chi connectivity index (χ0v) is 18.9. The van der Waals surface area contributed by atoms with Crippen molar-refractivity contribution in [1.29, 1.82) is 0 Å². The molecule has 0 aliphatic rings. The van der Waals surface area contributed by atoms with Crippen molar-refractivity contribution in [1.82, 2.24) is 20.1 Å². The fourth-order valence-corrected chi connectivity index (χ4v) is 3.55. The molecule has 4 rings (SSSR count). The number of rotatable bonds is 8. The van der Waals surface area contributed by atoms with Gasteiger partial charge in [0.2, 0.25) is 5.91 Å². The van der Waals surface area contributed by atoms with Gasteiger partial charge in [0.1, 0.15) is 0 Å². The molecule has 34 heavy (non-hydrogen) atoms. The molecule has 1 amide bonds. The van der Waals surface area contributed by atoms with Crippen molar-refractivity contribution in [3.8, 4) is 11.5 Å². The summed E-state index contributed by atoms with van der Waals surface area (Å²) in [6.07, 6.45) is 4.80. The van der Waals surface area contributed by atoms with Crippen molar-refractivity contribution in [2.75, 3.05) is 14.2 Å². The third-order valence-electron chi connectivity index (χ3n) is 5.25. The van der Waals surface area contributed by atoms with Crippen molar-refractivity contribution in [3.63, 3.8) is 0 Å². The molecule has 2 aromatic carbocycles. The summed E-state index contributed by atoms with van der Waals surface area (Å²) in [5, 5.41) is 8.61. The van der Waals surface area contributed by atoms with Gasteiger partial charge in [0.05, 0.1) is 44.1 Å². The van der Waals surface area contributed by atoms with Gasteiger partial charge < -0.3 is 14.8 Å². The predicted molar refractivity (Wildman–Crippen MR) is 130 cm³/mol. The van der Waals surface area contributed by atoms with Gasteiger partial charge in [0.25, 0.3) is 5.56 Å². The second-order valence-electron chi connectivity index (χ2n) is 7.44. The molecular weight excluding hydrogens is 432 g/mol. The van der Waals surface area contributed by atoms with E-state index in [9.17, 15) is 9.59 Å². The Morgan fingerprint density at radius 1 is 1.00 bits per heavy atom. The summed E-state index contributed by atoms with van der Waals surface area (Å²) in [5.74, 6) is 0.905. The lowest BCUT2D eigenvalue weighted by atomic mass is 10.1. The number of ether oxygens (including phenoxy) is 2. The van der Waals surface area contributed by atoms with Crippen molar-refractivity contribution in [2.45, 2.75) is 13.1 Å². The summed E-state index contributed by atoms with van der Waals surface area (Å²) >= 11 is 0. The van der Waals surface area contributed by atoms with Crippen LogP contribution in [0, 0.1) is 0 Å². The molecule has 2 heterocycles. The van der Waals surface area contributed by atoms with Crippen LogP contribution in [0.5, 0.6) is 11.5 Å². The highest BCUT2D eigenvalue weighted by Crippen LogP contribution is 2.27. The van der Waals surface area contributed by atoms with Gasteiger partial charge in [0.15, 0.2) is 11.5 Å². The van der Waals surface area contributed by atoms with E-state index in [1.165, 1.54) is 10.8 Å². The number of aromatic nitrogens is 3. The van der Waals surface area contributed by atoms with E-state index in [0.717, 1.165) is 11.3 Å². The lowest BCUT2D eigenvalue weighted by molar-refractivity contribution is -0.116. The monoisotopic (exact) mass is 456 g/mol. The molecule has 0 saturated heterocycles. The van der Waals surface area contributed by atoms with Crippen LogP contribution < -0.4 is 20.3 Å². The van der Waals surface area contributed by atoms with Gasteiger partial charge in [-0.15, -0.1) is 0 Å². The number of hydrogen-bond donors (Lipinski definition) is 1. The zero-order chi connectivity index (χ0) is 23.9. The lowest BCUT2D eigenvalue weighted by Gasteiger charge is -2.11. The summed E-state index contributed by atoms with van der Waals surface area (Å²) in [7, 11) is 3.13. The maximum Gasteiger partial charge on any atom is 0.275 e. The molecule has 172 valence electrons. The van der Waals surface area contributed by atoms with Gasteiger partial charge in [0, 0.05) is 17.7 Å². The number of carbonyl (C=O) groups excluding carboxylic acids is 1. The Morgan fingerprint density at radius 2 is 1.76 bits per heavy atom. The average molecular weight is 457 g/mol. The minimum absolute atomic E-state index is 0.165. The molecule has 0 unspecified atom stereocenters. The SMILES string of the molecule is COc1ccc(/C=C/C(=O)NCc2nn(Cc3ccccn3)c(=O)c3ccccc23)cc1OC. The molecule has 0 spiro atoms. The number of carbonyl (C=O) groups is 1. The summed E-state index contributed by atoms with van der Waals surface area (Å²) in [4.78, 5) is 29.7. The molecule has 0 fully saturated rings. The Kier molecular flexibility index (Phi) is 6.98. The quantitative estimate of drug-likeness (QED) is 0.409. The smallest absolute Gasteiger partial charge is 0.275 e. The first kappa shape index (κ1) is 22.7. The molecule has 2 aromatic heterocycles. The second-order valence-corrected chi connectivity index (χ2v) is 7.44. The molecular formula is C26H24N4O4. The van der Waals surface area contributed by atoms with Gasteiger partial charge in [-0.25, -0.2) is 4.68 Å². The first-order valence-corrected chi connectivity index (χ1v) is 10.7. The van der Waals surface area contributed by atoms with Crippen molar-refractivity contribution in [3.05, 3.63) is 100 Å². The fourth-order valence-electron chi connectivity index (χ4n) is 3.55. The van der Waals surface area contributed by atoms with Crippen LogP contribution >= 0.6 is 0 Å². The Bertz CT molecular complexity index is 1400. The number of methoxy groups -OCH3 is 2. The summed E-state index contributed by atoms with van der Waals surface area (Å²) in [5.41, 5.74) is 1.91. The fraction of sp³-hybridized carbons (Fsp3) is 0.154. The molecule has 0 atom stereocenters. The van der Waals surface area contributed by atoms with E-state index in [-0.39, 0.29) is 24.6 Å². The van der Waals surface area contributed by atoms with Crippen LogP contribution in [0.2, 0.25) is 0 Å². The van der Waals surface area contributed by atoms with Crippen LogP contribution in [0.4, 0.5) is 0 Å². The number of benzene rings is 2. The Labute approximate surface area is 196 Å². The maximum atomic E-state index is 12.9.